The quantitative estimate of drug-likeness (QED) is 0.713. The van der Waals surface area contributed by atoms with Crippen LogP contribution in [-0.2, 0) is 21.3 Å². The highest BCUT2D eigenvalue weighted by molar-refractivity contribution is 7.89. The second-order valence-electron chi connectivity index (χ2n) is 5.59. The average Bonchev–Trinajstić information content (AvgIpc) is 3.22. The van der Waals surface area contributed by atoms with Crippen LogP contribution in [0.1, 0.15) is 17.7 Å². The van der Waals surface area contributed by atoms with Crippen molar-refractivity contribution in [3.63, 3.8) is 0 Å². The van der Waals surface area contributed by atoms with Crippen LogP contribution in [0.2, 0.25) is 10.0 Å². The minimum Gasteiger partial charge on any atom is -0.377 e. The highest BCUT2D eigenvalue weighted by Crippen LogP contribution is 2.30. The molecule has 3 rings (SSSR count). The Morgan fingerprint density at radius 1 is 1.29 bits per heavy atom. The number of rotatable bonds is 6. The van der Waals surface area contributed by atoms with Gasteiger partial charge in [-0.25, -0.2) is 8.42 Å². The van der Waals surface area contributed by atoms with Crippen LogP contribution in [0.25, 0.3) is 0 Å². The van der Waals surface area contributed by atoms with Crippen molar-refractivity contribution >= 4 is 44.6 Å². The molecular weight excluding hydrogens is 389 g/mol. The number of thiophene rings is 1. The molecule has 8 heteroatoms. The first-order chi connectivity index (χ1) is 11.5. The maximum absolute atomic E-state index is 13.2. The highest BCUT2D eigenvalue weighted by Gasteiger charge is 2.31. The fourth-order valence-electron chi connectivity index (χ4n) is 2.65. The fourth-order valence-corrected chi connectivity index (χ4v) is 5.64. The molecule has 4 nitrogen and oxygen atoms in total. The lowest BCUT2D eigenvalue weighted by Crippen LogP contribution is -2.36. The van der Waals surface area contributed by atoms with Gasteiger partial charge in [0.25, 0.3) is 0 Å². The van der Waals surface area contributed by atoms with Gasteiger partial charge in [-0.2, -0.15) is 4.31 Å². The first-order valence-corrected chi connectivity index (χ1v) is 10.6. The van der Waals surface area contributed by atoms with Crippen molar-refractivity contribution in [2.24, 2.45) is 0 Å². The van der Waals surface area contributed by atoms with E-state index >= 15 is 0 Å². The molecule has 1 aromatic carbocycles. The molecule has 24 heavy (non-hydrogen) atoms. The van der Waals surface area contributed by atoms with Crippen LogP contribution in [0.5, 0.6) is 0 Å². The average molecular weight is 406 g/mol. The van der Waals surface area contributed by atoms with E-state index in [1.807, 2.05) is 17.5 Å². The Morgan fingerprint density at radius 3 is 2.79 bits per heavy atom. The Kier molecular flexibility index (Phi) is 5.85. The number of halogens is 2. The van der Waals surface area contributed by atoms with E-state index in [1.165, 1.54) is 27.8 Å². The molecule has 1 atom stereocenters. The van der Waals surface area contributed by atoms with Crippen LogP contribution in [0.15, 0.2) is 40.6 Å². The maximum Gasteiger partial charge on any atom is 0.245 e. The Labute approximate surface area is 156 Å². The van der Waals surface area contributed by atoms with E-state index in [1.54, 1.807) is 6.07 Å². The molecule has 0 aliphatic carbocycles. The van der Waals surface area contributed by atoms with Crippen LogP contribution in [0, 0.1) is 0 Å². The fraction of sp³-hybridized carbons (Fsp3) is 0.375. The van der Waals surface area contributed by atoms with E-state index in [-0.39, 0.29) is 16.0 Å². The number of ether oxygens (including phenoxy) is 1. The lowest BCUT2D eigenvalue weighted by atomic mass is 10.2. The zero-order valence-electron chi connectivity index (χ0n) is 12.8. The topological polar surface area (TPSA) is 46.6 Å². The second-order valence-corrected chi connectivity index (χ2v) is 9.37. The first-order valence-electron chi connectivity index (χ1n) is 7.56. The molecule has 1 aliphatic heterocycles. The molecule has 0 saturated carbocycles. The Bertz CT molecular complexity index is 788. The predicted octanol–water partition coefficient (Wildman–Crippen LogP) is 4.42. The summed E-state index contributed by atoms with van der Waals surface area (Å²) in [6.07, 6.45) is 1.73. The van der Waals surface area contributed by atoms with Gasteiger partial charge in [0.05, 0.1) is 11.1 Å². The van der Waals surface area contributed by atoms with E-state index in [0.717, 1.165) is 17.7 Å². The van der Waals surface area contributed by atoms with E-state index in [2.05, 4.69) is 0 Å². The second kappa shape index (κ2) is 7.72. The van der Waals surface area contributed by atoms with Crippen molar-refractivity contribution < 1.29 is 13.2 Å². The normalized spacial score (nSPS) is 18.4. The molecule has 0 N–H and O–H groups in total. The van der Waals surface area contributed by atoms with Crippen molar-refractivity contribution in [1.82, 2.24) is 4.31 Å². The summed E-state index contributed by atoms with van der Waals surface area (Å²) < 4.78 is 33.4. The van der Waals surface area contributed by atoms with Gasteiger partial charge in [-0.05, 0) is 42.5 Å². The Morgan fingerprint density at radius 2 is 2.12 bits per heavy atom. The van der Waals surface area contributed by atoms with E-state index < -0.39 is 10.0 Å². The van der Waals surface area contributed by atoms with Crippen molar-refractivity contribution in [3.8, 4) is 0 Å². The van der Waals surface area contributed by atoms with E-state index in [9.17, 15) is 8.42 Å². The summed E-state index contributed by atoms with van der Waals surface area (Å²) in [4.78, 5) is 1.00. The molecule has 0 amide bonds. The van der Waals surface area contributed by atoms with Crippen LogP contribution in [-0.4, -0.2) is 32.0 Å². The monoisotopic (exact) mass is 405 g/mol. The lowest BCUT2D eigenvalue weighted by molar-refractivity contribution is 0.0927. The molecule has 0 radical (unpaired) electrons. The molecule has 1 fully saturated rings. The van der Waals surface area contributed by atoms with Crippen LogP contribution in [0.4, 0.5) is 0 Å². The third kappa shape index (κ3) is 4.12. The largest absolute Gasteiger partial charge is 0.377 e. The maximum atomic E-state index is 13.2. The summed E-state index contributed by atoms with van der Waals surface area (Å²) in [5, 5.41) is 2.44. The van der Waals surface area contributed by atoms with Gasteiger partial charge in [-0.1, -0.05) is 29.3 Å². The Hall–Kier alpha value is -0.630. The van der Waals surface area contributed by atoms with E-state index in [4.69, 9.17) is 27.9 Å². The molecule has 2 aromatic rings. The standard InChI is InChI=1S/C16H17Cl2NO3S2/c17-12-5-6-15(18)16(9-12)24(20,21)19(10-13-3-1-7-22-13)11-14-4-2-8-23-14/h2,4-6,8-9,13H,1,3,7,10-11H2. The van der Waals surface area contributed by atoms with Crippen LogP contribution in [0.3, 0.4) is 0 Å². The summed E-state index contributed by atoms with van der Waals surface area (Å²) >= 11 is 13.6. The summed E-state index contributed by atoms with van der Waals surface area (Å²) in [7, 11) is -3.77. The van der Waals surface area contributed by atoms with Crippen molar-refractivity contribution in [2.75, 3.05) is 13.2 Å². The number of nitrogens with zero attached hydrogens (tertiary/aromatic N) is 1. The third-order valence-corrected chi connectivity index (χ3v) is 7.24. The molecule has 1 aromatic heterocycles. The van der Waals surface area contributed by atoms with Crippen LogP contribution < -0.4 is 0 Å². The Balaban J connectivity index is 1.94. The van der Waals surface area contributed by atoms with Crippen molar-refractivity contribution in [1.29, 1.82) is 0 Å². The molecular formula is C16H17Cl2NO3S2. The number of hydrogen-bond acceptors (Lipinski definition) is 4. The molecule has 0 spiro atoms. The van der Waals surface area contributed by atoms with Gasteiger partial charge in [0.2, 0.25) is 10.0 Å². The van der Waals surface area contributed by atoms with Gasteiger partial charge in [0, 0.05) is 29.6 Å². The van der Waals surface area contributed by atoms with Gasteiger partial charge in [-0.3, -0.25) is 0 Å². The molecule has 1 saturated heterocycles. The molecule has 2 heterocycles. The van der Waals surface area contributed by atoms with Crippen molar-refractivity contribution in [2.45, 2.75) is 30.4 Å². The molecule has 1 aliphatic rings. The number of benzene rings is 1. The van der Waals surface area contributed by atoms with Gasteiger partial charge >= 0.3 is 0 Å². The minimum absolute atomic E-state index is 0.0335. The zero-order chi connectivity index (χ0) is 17.2. The minimum atomic E-state index is -3.77. The highest BCUT2D eigenvalue weighted by atomic mass is 35.5. The lowest BCUT2D eigenvalue weighted by Gasteiger charge is -2.25. The zero-order valence-corrected chi connectivity index (χ0v) is 16.0. The van der Waals surface area contributed by atoms with Gasteiger partial charge in [0.15, 0.2) is 0 Å². The van der Waals surface area contributed by atoms with Gasteiger partial charge in [-0.15, -0.1) is 11.3 Å². The summed E-state index contributed by atoms with van der Waals surface area (Å²) in [5.41, 5.74) is 0. The number of sulfonamides is 1. The summed E-state index contributed by atoms with van der Waals surface area (Å²) in [6.45, 7) is 1.28. The van der Waals surface area contributed by atoms with Gasteiger partial charge in [0.1, 0.15) is 4.90 Å². The first kappa shape index (κ1) is 18.2. The third-order valence-electron chi connectivity index (χ3n) is 3.85. The van der Waals surface area contributed by atoms with Crippen LogP contribution >= 0.6 is 34.5 Å². The number of hydrogen-bond donors (Lipinski definition) is 0. The molecule has 130 valence electrons. The summed E-state index contributed by atoms with van der Waals surface area (Å²) in [5.74, 6) is 0. The SMILES string of the molecule is O=S(=O)(c1cc(Cl)ccc1Cl)N(Cc1cccs1)CC1CCCO1. The van der Waals surface area contributed by atoms with Crippen molar-refractivity contribution in [3.05, 3.63) is 50.6 Å². The predicted molar refractivity (Wildman–Crippen MR) is 97.4 cm³/mol. The van der Waals surface area contributed by atoms with E-state index in [0.29, 0.717) is 24.7 Å². The smallest absolute Gasteiger partial charge is 0.245 e. The van der Waals surface area contributed by atoms with Gasteiger partial charge < -0.3 is 4.74 Å². The molecule has 0 bridgehead atoms. The molecule has 1 unspecified atom stereocenters. The summed E-state index contributed by atoms with van der Waals surface area (Å²) in [6, 6.07) is 8.31.